The van der Waals surface area contributed by atoms with Crippen molar-refractivity contribution in [2.75, 3.05) is 26.3 Å². The molecular formula is C29H32FNO6. The van der Waals surface area contributed by atoms with Crippen LogP contribution in [-0.2, 0) is 22.4 Å². The van der Waals surface area contributed by atoms with Crippen molar-refractivity contribution in [1.29, 1.82) is 0 Å². The summed E-state index contributed by atoms with van der Waals surface area (Å²) in [5.74, 6) is -1.15. The topological polar surface area (TPSA) is 85.3 Å². The summed E-state index contributed by atoms with van der Waals surface area (Å²) >= 11 is 0. The van der Waals surface area contributed by atoms with E-state index in [1.54, 1.807) is 37.3 Å². The Balaban J connectivity index is 1.56. The van der Waals surface area contributed by atoms with Crippen LogP contribution in [0.2, 0.25) is 0 Å². The number of halogens is 1. The number of aryl methyl sites for hydroxylation is 1. The monoisotopic (exact) mass is 509 g/mol. The summed E-state index contributed by atoms with van der Waals surface area (Å²) in [6.45, 7) is 2.94. The molecule has 3 rings (SSSR count). The van der Waals surface area contributed by atoms with E-state index in [-0.39, 0.29) is 25.3 Å². The van der Waals surface area contributed by atoms with Crippen LogP contribution >= 0.6 is 0 Å². The lowest BCUT2D eigenvalue weighted by atomic mass is 10.1. The number of para-hydroxylation sites is 1. The second kappa shape index (κ2) is 14.6. The van der Waals surface area contributed by atoms with Gasteiger partial charge in [-0.05, 0) is 55.2 Å². The van der Waals surface area contributed by atoms with E-state index in [0.717, 1.165) is 17.5 Å². The summed E-state index contributed by atoms with van der Waals surface area (Å²) in [7, 11) is 0. The molecule has 1 atom stereocenters. The van der Waals surface area contributed by atoms with E-state index in [1.165, 1.54) is 23.1 Å². The number of ether oxygens (including phenoxy) is 3. The quantitative estimate of drug-likeness (QED) is 0.315. The lowest BCUT2D eigenvalue weighted by Crippen LogP contribution is -2.37. The highest BCUT2D eigenvalue weighted by molar-refractivity contribution is 5.72. The third-order valence-electron chi connectivity index (χ3n) is 5.65. The van der Waals surface area contributed by atoms with Crippen LogP contribution < -0.4 is 9.47 Å². The fourth-order valence-corrected chi connectivity index (χ4v) is 3.73. The Hall–Kier alpha value is -3.91. The first-order valence-electron chi connectivity index (χ1n) is 12.3. The summed E-state index contributed by atoms with van der Waals surface area (Å²) in [6, 6.07) is 22.8. The molecule has 0 aliphatic carbocycles. The lowest BCUT2D eigenvalue weighted by Gasteiger charge is -2.22. The molecule has 0 bridgehead atoms. The average molecular weight is 510 g/mol. The maximum Gasteiger partial charge on any atom is 0.415 e. The lowest BCUT2D eigenvalue weighted by molar-refractivity contribution is -0.149. The maximum atomic E-state index is 14.0. The van der Waals surface area contributed by atoms with Gasteiger partial charge in [0.2, 0.25) is 0 Å². The highest BCUT2D eigenvalue weighted by Gasteiger charge is 2.19. The molecule has 7 nitrogen and oxygen atoms in total. The predicted molar refractivity (Wildman–Crippen MR) is 137 cm³/mol. The van der Waals surface area contributed by atoms with Crippen molar-refractivity contribution in [3.63, 3.8) is 0 Å². The smallest absolute Gasteiger partial charge is 0.415 e. The van der Waals surface area contributed by atoms with Crippen LogP contribution in [0.4, 0.5) is 9.18 Å². The molecule has 0 heterocycles. The number of carboxylic acid groups (broad SMARTS) is 1. The fourth-order valence-electron chi connectivity index (χ4n) is 3.73. The van der Waals surface area contributed by atoms with Crippen LogP contribution in [0.25, 0.3) is 0 Å². The Kier molecular flexibility index (Phi) is 10.9. The molecule has 0 saturated heterocycles. The Morgan fingerprint density at radius 2 is 1.62 bits per heavy atom. The third-order valence-corrected chi connectivity index (χ3v) is 5.65. The number of aliphatic carboxylic acids is 1. The highest BCUT2D eigenvalue weighted by Crippen LogP contribution is 2.18. The number of hydrogen-bond donors (Lipinski definition) is 1. The number of carbonyl (C=O) groups is 2. The molecule has 0 spiro atoms. The zero-order valence-corrected chi connectivity index (χ0v) is 20.8. The molecule has 0 aromatic heterocycles. The molecule has 1 unspecified atom stereocenters. The molecule has 0 radical (unpaired) electrons. The SMILES string of the molecule is CCOC(Cc1ccc(OCCN(CCCc2ccccc2)C(=O)Oc2ccccc2F)cc1)C(=O)O. The normalized spacial score (nSPS) is 11.5. The number of hydrogen-bond acceptors (Lipinski definition) is 5. The minimum atomic E-state index is -1.00. The van der Waals surface area contributed by atoms with Gasteiger partial charge in [-0.15, -0.1) is 0 Å². The first-order valence-corrected chi connectivity index (χ1v) is 12.3. The van der Waals surface area contributed by atoms with Gasteiger partial charge in [-0.2, -0.15) is 0 Å². The number of carbonyl (C=O) groups excluding carboxylic acids is 1. The van der Waals surface area contributed by atoms with Crippen LogP contribution in [0.5, 0.6) is 11.5 Å². The van der Waals surface area contributed by atoms with E-state index in [9.17, 15) is 19.1 Å². The second-order valence-electron chi connectivity index (χ2n) is 8.35. The van der Waals surface area contributed by atoms with Gasteiger partial charge in [0.1, 0.15) is 12.4 Å². The Morgan fingerprint density at radius 3 is 2.30 bits per heavy atom. The van der Waals surface area contributed by atoms with E-state index in [4.69, 9.17) is 14.2 Å². The molecule has 8 heteroatoms. The number of amides is 1. The molecule has 0 aliphatic rings. The van der Waals surface area contributed by atoms with Crippen molar-refractivity contribution in [3.05, 3.63) is 95.8 Å². The van der Waals surface area contributed by atoms with Crippen LogP contribution in [0, 0.1) is 5.82 Å². The summed E-state index contributed by atoms with van der Waals surface area (Å²) < 4.78 is 30.4. The molecule has 1 N–H and O–H groups in total. The van der Waals surface area contributed by atoms with Crippen molar-refractivity contribution in [3.8, 4) is 11.5 Å². The van der Waals surface area contributed by atoms with Gasteiger partial charge in [0.25, 0.3) is 0 Å². The standard InChI is InChI=1S/C29H32FNO6/c1-2-35-27(28(32)33)21-23-14-16-24(17-15-23)36-20-19-31(18-8-11-22-9-4-3-5-10-22)29(34)37-26-13-7-6-12-25(26)30/h3-7,9-10,12-17,27H,2,8,11,18-21H2,1H3,(H,32,33). The van der Waals surface area contributed by atoms with Gasteiger partial charge in [0.15, 0.2) is 17.7 Å². The number of benzene rings is 3. The number of rotatable bonds is 14. The van der Waals surface area contributed by atoms with Crippen LogP contribution in [0.3, 0.4) is 0 Å². The van der Waals surface area contributed by atoms with Gasteiger partial charge in [-0.3, -0.25) is 0 Å². The van der Waals surface area contributed by atoms with Gasteiger partial charge >= 0.3 is 12.1 Å². The highest BCUT2D eigenvalue weighted by atomic mass is 19.1. The molecule has 0 aliphatic heterocycles. The number of carboxylic acids is 1. The van der Waals surface area contributed by atoms with Gasteiger partial charge in [0.05, 0.1) is 6.54 Å². The first kappa shape index (κ1) is 27.7. The van der Waals surface area contributed by atoms with Crippen LogP contribution in [0.15, 0.2) is 78.9 Å². The van der Waals surface area contributed by atoms with Crippen molar-refractivity contribution >= 4 is 12.1 Å². The molecule has 0 saturated carbocycles. The summed E-state index contributed by atoms with van der Waals surface area (Å²) in [5, 5.41) is 9.25. The predicted octanol–water partition coefficient (Wildman–Crippen LogP) is 5.37. The van der Waals surface area contributed by atoms with E-state index in [1.807, 2.05) is 30.3 Å². The minimum Gasteiger partial charge on any atom is -0.492 e. The number of nitrogens with zero attached hydrogens (tertiary/aromatic N) is 1. The van der Waals surface area contributed by atoms with Crippen LogP contribution in [-0.4, -0.2) is 54.5 Å². The van der Waals surface area contributed by atoms with Gasteiger partial charge in [-0.1, -0.05) is 54.6 Å². The molecule has 0 fully saturated rings. The third kappa shape index (κ3) is 9.24. The summed E-state index contributed by atoms with van der Waals surface area (Å²) in [4.78, 5) is 25.6. The largest absolute Gasteiger partial charge is 0.492 e. The molecule has 37 heavy (non-hydrogen) atoms. The van der Waals surface area contributed by atoms with E-state index >= 15 is 0 Å². The first-order chi connectivity index (χ1) is 18.0. The van der Waals surface area contributed by atoms with E-state index in [0.29, 0.717) is 25.3 Å². The summed E-state index contributed by atoms with van der Waals surface area (Å²) in [5.41, 5.74) is 1.97. The molecular weight excluding hydrogens is 477 g/mol. The van der Waals surface area contributed by atoms with E-state index < -0.39 is 24.0 Å². The Labute approximate surface area is 216 Å². The van der Waals surface area contributed by atoms with Gasteiger partial charge < -0.3 is 24.2 Å². The Bertz CT molecular complexity index is 1120. The van der Waals surface area contributed by atoms with Crippen molar-refractivity contribution in [2.45, 2.75) is 32.3 Å². The van der Waals surface area contributed by atoms with Crippen molar-refractivity contribution < 1.29 is 33.3 Å². The fraction of sp³-hybridized carbons (Fsp3) is 0.310. The minimum absolute atomic E-state index is 0.121. The van der Waals surface area contributed by atoms with Gasteiger partial charge in [0, 0.05) is 19.6 Å². The van der Waals surface area contributed by atoms with E-state index in [2.05, 4.69) is 0 Å². The summed E-state index contributed by atoms with van der Waals surface area (Å²) in [6.07, 6.45) is 0.191. The van der Waals surface area contributed by atoms with Gasteiger partial charge in [-0.25, -0.2) is 14.0 Å². The van der Waals surface area contributed by atoms with Crippen molar-refractivity contribution in [2.24, 2.45) is 0 Å². The van der Waals surface area contributed by atoms with Crippen LogP contribution in [0.1, 0.15) is 24.5 Å². The molecule has 3 aromatic rings. The average Bonchev–Trinajstić information content (AvgIpc) is 2.90. The maximum absolute atomic E-state index is 14.0. The van der Waals surface area contributed by atoms with Crippen molar-refractivity contribution in [1.82, 2.24) is 4.90 Å². The molecule has 196 valence electrons. The molecule has 3 aromatic carbocycles. The molecule has 1 amide bonds. The zero-order valence-electron chi connectivity index (χ0n) is 20.8. The zero-order chi connectivity index (χ0) is 26.5. The Morgan fingerprint density at radius 1 is 0.919 bits per heavy atom. The second-order valence-corrected chi connectivity index (χ2v) is 8.35.